The molecule has 2 N–H and O–H groups in total. The lowest BCUT2D eigenvalue weighted by Crippen LogP contribution is -2.39. The van der Waals surface area contributed by atoms with Gasteiger partial charge in [-0.25, -0.2) is 0 Å². The van der Waals surface area contributed by atoms with E-state index in [1.165, 1.54) is 0 Å². The third-order valence-corrected chi connectivity index (χ3v) is 4.97. The summed E-state index contributed by atoms with van der Waals surface area (Å²) >= 11 is 5.88. The van der Waals surface area contributed by atoms with E-state index in [0.717, 1.165) is 24.8 Å². The maximum atomic E-state index is 12.2. The summed E-state index contributed by atoms with van der Waals surface area (Å²) in [4.78, 5) is 12.2. The Kier molecular flexibility index (Phi) is 5.01. The van der Waals surface area contributed by atoms with E-state index in [-0.39, 0.29) is 23.7 Å². The van der Waals surface area contributed by atoms with Gasteiger partial charge >= 0.3 is 0 Å². The molecule has 5 heteroatoms. The predicted molar refractivity (Wildman–Crippen MR) is 84.9 cm³/mol. The summed E-state index contributed by atoms with van der Waals surface area (Å²) in [6, 6.07) is 7.69. The second kappa shape index (κ2) is 6.99. The number of nitrogens with one attached hydrogen (secondary N) is 1. The van der Waals surface area contributed by atoms with Crippen molar-refractivity contribution in [3.05, 3.63) is 34.9 Å². The van der Waals surface area contributed by atoms with Crippen LogP contribution in [0.2, 0.25) is 5.02 Å². The number of hydrogen-bond acceptors (Lipinski definition) is 3. The van der Waals surface area contributed by atoms with Crippen LogP contribution in [0.4, 0.5) is 0 Å². The first kappa shape index (κ1) is 15.8. The highest BCUT2D eigenvalue weighted by Crippen LogP contribution is 2.47. The molecule has 4 nitrogen and oxygen atoms in total. The molecule has 1 amide bonds. The van der Waals surface area contributed by atoms with Crippen LogP contribution >= 0.6 is 11.6 Å². The highest BCUT2D eigenvalue weighted by molar-refractivity contribution is 6.30. The number of carbonyl (C=O) groups is 1. The molecule has 2 aliphatic rings. The van der Waals surface area contributed by atoms with Gasteiger partial charge in [-0.3, -0.25) is 4.79 Å². The highest BCUT2D eigenvalue weighted by atomic mass is 35.5. The third kappa shape index (κ3) is 3.80. The van der Waals surface area contributed by atoms with Crippen LogP contribution in [0.25, 0.3) is 0 Å². The van der Waals surface area contributed by atoms with Gasteiger partial charge < -0.3 is 15.2 Å². The smallest absolute Gasteiger partial charge is 0.223 e. The number of rotatable bonds is 5. The van der Waals surface area contributed by atoms with Crippen LogP contribution in [0.5, 0.6) is 0 Å². The van der Waals surface area contributed by atoms with Gasteiger partial charge in [0.1, 0.15) is 0 Å². The van der Waals surface area contributed by atoms with Gasteiger partial charge in [0.05, 0.1) is 6.10 Å². The molecular weight excluding hydrogens is 302 g/mol. The summed E-state index contributed by atoms with van der Waals surface area (Å²) in [6.45, 7) is 1.75. The Hall–Kier alpha value is -1.10. The maximum absolute atomic E-state index is 12.2. The maximum Gasteiger partial charge on any atom is 0.223 e. The van der Waals surface area contributed by atoms with Crippen molar-refractivity contribution in [2.24, 2.45) is 11.8 Å². The summed E-state index contributed by atoms with van der Waals surface area (Å²) in [7, 11) is 0. The first-order valence-electron chi connectivity index (χ1n) is 7.94. The number of amides is 1. The molecule has 1 aliphatic carbocycles. The molecule has 1 aromatic carbocycles. The zero-order valence-electron chi connectivity index (χ0n) is 12.5. The lowest BCUT2D eigenvalue weighted by Gasteiger charge is -2.26. The minimum Gasteiger partial charge on any atom is -0.391 e. The molecule has 22 heavy (non-hydrogen) atoms. The summed E-state index contributed by atoms with van der Waals surface area (Å²) < 4.78 is 5.29. The standard InChI is InChI=1S/C17H22ClNO3/c18-13-3-1-11(2-4-13)14-9-15(14)17(21)19-10-16(20)12-5-7-22-8-6-12/h1-4,12,14-16,20H,5-10H2,(H,19,21)/t14-,15-,16-/m0/s1. The highest BCUT2D eigenvalue weighted by Gasteiger charge is 2.43. The van der Waals surface area contributed by atoms with Crippen molar-refractivity contribution in [3.63, 3.8) is 0 Å². The van der Waals surface area contributed by atoms with Crippen molar-refractivity contribution in [2.75, 3.05) is 19.8 Å². The number of ether oxygens (including phenoxy) is 1. The van der Waals surface area contributed by atoms with E-state index in [9.17, 15) is 9.90 Å². The Morgan fingerprint density at radius 2 is 2.00 bits per heavy atom. The first-order valence-corrected chi connectivity index (χ1v) is 8.32. The minimum atomic E-state index is -0.472. The zero-order valence-corrected chi connectivity index (χ0v) is 13.3. The van der Waals surface area contributed by atoms with Crippen molar-refractivity contribution in [2.45, 2.75) is 31.3 Å². The van der Waals surface area contributed by atoms with Gasteiger partial charge in [-0.1, -0.05) is 23.7 Å². The second-order valence-electron chi connectivity index (χ2n) is 6.26. The molecule has 1 aromatic rings. The number of hydrogen-bond donors (Lipinski definition) is 2. The monoisotopic (exact) mass is 323 g/mol. The zero-order chi connectivity index (χ0) is 15.5. The van der Waals surface area contributed by atoms with Crippen LogP contribution < -0.4 is 5.32 Å². The molecule has 0 bridgehead atoms. The summed E-state index contributed by atoms with van der Waals surface area (Å²) in [5.74, 6) is 0.604. The summed E-state index contributed by atoms with van der Waals surface area (Å²) in [5, 5.41) is 13.8. The average Bonchev–Trinajstić information content (AvgIpc) is 3.34. The Morgan fingerprint density at radius 1 is 1.32 bits per heavy atom. The average molecular weight is 324 g/mol. The molecule has 1 saturated heterocycles. The molecular formula is C17H22ClNO3. The Bertz CT molecular complexity index is 513. The van der Waals surface area contributed by atoms with E-state index in [1.54, 1.807) is 0 Å². The van der Waals surface area contributed by atoms with Gasteiger partial charge in [-0.05, 0) is 48.8 Å². The number of aliphatic hydroxyl groups is 1. The van der Waals surface area contributed by atoms with Crippen molar-refractivity contribution in [1.29, 1.82) is 0 Å². The normalized spacial score (nSPS) is 26.5. The molecule has 1 saturated carbocycles. The number of benzene rings is 1. The molecule has 1 heterocycles. The van der Waals surface area contributed by atoms with Crippen molar-refractivity contribution in [3.8, 4) is 0 Å². The largest absolute Gasteiger partial charge is 0.391 e. The van der Waals surface area contributed by atoms with E-state index >= 15 is 0 Å². The number of aliphatic hydroxyl groups excluding tert-OH is 1. The van der Waals surface area contributed by atoms with Crippen LogP contribution in [-0.4, -0.2) is 36.9 Å². The van der Waals surface area contributed by atoms with Crippen LogP contribution in [0.15, 0.2) is 24.3 Å². The van der Waals surface area contributed by atoms with Crippen LogP contribution in [0.3, 0.4) is 0 Å². The molecule has 0 aromatic heterocycles. The third-order valence-electron chi connectivity index (χ3n) is 4.72. The quantitative estimate of drug-likeness (QED) is 0.874. The fraction of sp³-hybridized carbons (Fsp3) is 0.588. The van der Waals surface area contributed by atoms with E-state index < -0.39 is 6.10 Å². The second-order valence-corrected chi connectivity index (χ2v) is 6.70. The summed E-state index contributed by atoms with van der Waals surface area (Å²) in [5.41, 5.74) is 1.16. The van der Waals surface area contributed by atoms with Gasteiger partial charge in [-0.15, -0.1) is 0 Å². The fourth-order valence-corrected chi connectivity index (χ4v) is 3.29. The van der Waals surface area contributed by atoms with Crippen LogP contribution in [0.1, 0.15) is 30.7 Å². The molecule has 3 rings (SSSR count). The molecule has 3 atom stereocenters. The molecule has 0 spiro atoms. The van der Waals surface area contributed by atoms with Gasteiger partial charge in [0.15, 0.2) is 0 Å². The Morgan fingerprint density at radius 3 is 2.68 bits per heavy atom. The topological polar surface area (TPSA) is 58.6 Å². The van der Waals surface area contributed by atoms with Gasteiger partial charge in [0.25, 0.3) is 0 Å². The lowest BCUT2D eigenvalue weighted by molar-refractivity contribution is -0.123. The van der Waals surface area contributed by atoms with Crippen molar-refractivity contribution < 1.29 is 14.6 Å². The van der Waals surface area contributed by atoms with Gasteiger partial charge in [0.2, 0.25) is 5.91 Å². The first-order chi connectivity index (χ1) is 10.6. The van der Waals surface area contributed by atoms with Crippen LogP contribution in [0, 0.1) is 11.8 Å². The van der Waals surface area contributed by atoms with Gasteiger partial charge in [0, 0.05) is 30.7 Å². The molecule has 0 radical (unpaired) electrons. The van der Waals surface area contributed by atoms with E-state index in [0.29, 0.717) is 24.8 Å². The fourth-order valence-electron chi connectivity index (χ4n) is 3.17. The van der Waals surface area contributed by atoms with Gasteiger partial charge in [-0.2, -0.15) is 0 Å². The van der Waals surface area contributed by atoms with E-state index in [1.807, 2.05) is 24.3 Å². The molecule has 120 valence electrons. The van der Waals surface area contributed by atoms with Crippen molar-refractivity contribution >= 4 is 17.5 Å². The SMILES string of the molecule is O=C(NC[C@H](O)C1CCOCC1)[C@H]1C[C@H]1c1ccc(Cl)cc1. The van der Waals surface area contributed by atoms with Crippen LogP contribution in [-0.2, 0) is 9.53 Å². The molecule has 1 aliphatic heterocycles. The van der Waals surface area contributed by atoms with E-state index in [4.69, 9.17) is 16.3 Å². The van der Waals surface area contributed by atoms with Crippen molar-refractivity contribution in [1.82, 2.24) is 5.32 Å². The number of halogens is 1. The summed E-state index contributed by atoms with van der Waals surface area (Å²) in [6.07, 6.45) is 2.14. The Labute approximate surface area is 135 Å². The lowest BCUT2D eigenvalue weighted by atomic mass is 9.94. The Balaban J connectivity index is 1.44. The molecule has 0 unspecified atom stereocenters. The van der Waals surface area contributed by atoms with E-state index in [2.05, 4.69) is 5.32 Å². The predicted octanol–water partition coefficient (Wildman–Crippen LogP) is 2.35. The molecule has 2 fully saturated rings. The minimum absolute atomic E-state index is 0.0306. The number of carbonyl (C=O) groups excluding carboxylic acids is 1.